The minimum absolute atomic E-state index is 0.339. The first-order valence-electron chi connectivity index (χ1n) is 9.11. The standard InChI is InChI=1S/C19H32N4O/c1-4-20-19(22-13-18-9-6-5-7-10-18)21-11-8-12-23-14-16(2)24-17(3)15-23/h5-7,9-10,16-17H,4,8,11-15H2,1-3H3,(H2,20,21,22). The summed E-state index contributed by atoms with van der Waals surface area (Å²) in [6.07, 6.45) is 1.78. The summed E-state index contributed by atoms with van der Waals surface area (Å²) in [4.78, 5) is 7.15. The third-order valence-corrected chi connectivity index (χ3v) is 4.05. The molecule has 5 nitrogen and oxygen atoms in total. The molecule has 2 atom stereocenters. The lowest BCUT2D eigenvalue weighted by atomic mass is 10.2. The van der Waals surface area contributed by atoms with Crippen molar-refractivity contribution >= 4 is 5.96 Å². The van der Waals surface area contributed by atoms with E-state index < -0.39 is 0 Å². The molecule has 5 heteroatoms. The molecule has 0 aliphatic carbocycles. The van der Waals surface area contributed by atoms with Crippen molar-refractivity contribution in [3.8, 4) is 0 Å². The average Bonchev–Trinajstić information content (AvgIpc) is 2.56. The minimum atomic E-state index is 0.339. The molecule has 1 heterocycles. The lowest BCUT2D eigenvalue weighted by molar-refractivity contribution is -0.0679. The molecule has 0 aromatic heterocycles. The maximum Gasteiger partial charge on any atom is 0.191 e. The molecule has 1 aromatic rings. The van der Waals surface area contributed by atoms with Crippen LogP contribution in [0.2, 0.25) is 0 Å². The molecule has 1 fully saturated rings. The Kier molecular flexibility index (Phi) is 8.05. The summed E-state index contributed by atoms with van der Waals surface area (Å²) in [6, 6.07) is 10.3. The van der Waals surface area contributed by atoms with Gasteiger partial charge in [0.25, 0.3) is 0 Å². The van der Waals surface area contributed by atoms with Crippen molar-refractivity contribution in [2.75, 3.05) is 32.7 Å². The SMILES string of the molecule is CCNC(=NCc1ccccc1)NCCCN1CC(C)OC(C)C1. The molecule has 1 saturated heterocycles. The Morgan fingerprint density at radius 2 is 1.88 bits per heavy atom. The van der Waals surface area contributed by atoms with Gasteiger partial charge < -0.3 is 15.4 Å². The fourth-order valence-electron chi connectivity index (χ4n) is 3.07. The third kappa shape index (κ3) is 6.89. The first-order valence-corrected chi connectivity index (χ1v) is 9.11. The molecule has 2 unspecified atom stereocenters. The van der Waals surface area contributed by atoms with Crippen molar-refractivity contribution < 1.29 is 4.74 Å². The Hall–Kier alpha value is -1.59. The van der Waals surface area contributed by atoms with Crippen LogP contribution >= 0.6 is 0 Å². The van der Waals surface area contributed by atoms with Crippen LogP contribution in [0.15, 0.2) is 35.3 Å². The van der Waals surface area contributed by atoms with Gasteiger partial charge in [-0.15, -0.1) is 0 Å². The van der Waals surface area contributed by atoms with Crippen molar-refractivity contribution in [2.24, 2.45) is 4.99 Å². The topological polar surface area (TPSA) is 48.9 Å². The van der Waals surface area contributed by atoms with Crippen molar-refractivity contribution in [2.45, 2.75) is 45.9 Å². The number of morpholine rings is 1. The summed E-state index contributed by atoms with van der Waals surface area (Å²) in [5.41, 5.74) is 1.23. The molecule has 1 aromatic carbocycles. The van der Waals surface area contributed by atoms with E-state index in [1.165, 1.54) is 5.56 Å². The van der Waals surface area contributed by atoms with Crippen LogP contribution in [-0.2, 0) is 11.3 Å². The molecule has 0 spiro atoms. The predicted molar refractivity (Wildman–Crippen MR) is 100 cm³/mol. The van der Waals surface area contributed by atoms with Gasteiger partial charge in [-0.1, -0.05) is 30.3 Å². The van der Waals surface area contributed by atoms with Gasteiger partial charge in [-0.05, 0) is 32.8 Å². The highest BCUT2D eigenvalue weighted by Gasteiger charge is 2.21. The van der Waals surface area contributed by atoms with Gasteiger partial charge in [0.15, 0.2) is 5.96 Å². The number of aliphatic imine (C=N–C) groups is 1. The van der Waals surface area contributed by atoms with Crippen LogP contribution in [0.4, 0.5) is 0 Å². The van der Waals surface area contributed by atoms with Gasteiger partial charge in [-0.2, -0.15) is 0 Å². The van der Waals surface area contributed by atoms with Gasteiger partial charge >= 0.3 is 0 Å². The monoisotopic (exact) mass is 332 g/mol. The Morgan fingerprint density at radius 1 is 1.17 bits per heavy atom. The van der Waals surface area contributed by atoms with Crippen molar-refractivity contribution in [1.29, 1.82) is 0 Å². The smallest absolute Gasteiger partial charge is 0.191 e. The second-order valence-electron chi connectivity index (χ2n) is 6.48. The van der Waals surface area contributed by atoms with Crippen molar-refractivity contribution in [3.63, 3.8) is 0 Å². The van der Waals surface area contributed by atoms with Crippen LogP contribution in [0, 0.1) is 0 Å². The van der Waals surface area contributed by atoms with Gasteiger partial charge in [0.05, 0.1) is 18.8 Å². The molecular formula is C19H32N4O. The van der Waals surface area contributed by atoms with E-state index in [1.807, 2.05) is 6.07 Å². The number of nitrogens with zero attached hydrogens (tertiary/aromatic N) is 2. The Labute approximate surface area is 146 Å². The highest BCUT2D eigenvalue weighted by atomic mass is 16.5. The average molecular weight is 332 g/mol. The molecule has 1 aliphatic rings. The van der Waals surface area contributed by atoms with Crippen LogP contribution in [0.5, 0.6) is 0 Å². The van der Waals surface area contributed by atoms with Crippen LogP contribution in [0.1, 0.15) is 32.8 Å². The normalized spacial score (nSPS) is 22.4. The van der Waals surface area contributed by atoms with Gasteiger partial charge in [0.2, 0.25) is 0 Å². The summed E-state index contributed by atoms with van der Waals surface area (Å²) < 4.78 is 5.78. The molecule has 134 valence electrons. The summed E-state index contributed by atoms with van der Waals surface area (Å²) >= 11 is 0. The maximum atomic E-state index is 5.78. The summed E-state index contributed by atoms with van der Waals surface area (Å²) in [6.45, 7) is 12.1. The van der Waals surface area contributed by atoms with Crippen LogP contribution in [0.25, 0.3) is 0 Å². The predicted octanol–water partition coefficient (Wildman–Crippen LogP) is 2.24. The first-order chi connectivity index (χ1) is 11.7. The molecule has 0 radical (unpaired) electrons. The van der Waals surface area contributed by atoms with Crippen LogP contribution < -0.4 is 10.6 Å². The molecule has 0 amide bonds. The third-order valence-electron chi connectivity index (χ3n) is 4.05. The number of hydrogen-bond donors (Lipinski definition) is 2. The Morgan fingerprint density at radius 3 is 2.54 bits per heavy atom. The maximum absolute atomic E-state index is 5.78. The fourth-order valence-corrected chi connectivity index (χ4v) is 3.07. The molecule has 24 heavy (non-hydrogen) atoms. The molecule has 1 aliphatic heterocycles. The van der Waals surface area contributed by atoms with E-state index in [1.54, 1.807) is 0 Å². The number of benzene rings is 1. The van der Waals surface area contributed by atoms with Crippen LogP contribution in [0.3, 0.4) is 0 Å². The number of nitrogens with one attached hydrogen (secondary N) is 2. The quantitative estimate of drug-likeness (QED) is 0.457. The zero-order valence-corrected chi connectivity index (χ0v) is 15.3. The minimum Gasteiger partial charge on any atom is -0.373 e. The first kappa shape index (κ1) is 18.7. The van der Waals surface area contributed by atoms with E-state index in [4.69, 9.17) is 4.74 Å². The van der Waals surface area contributed by atoms with E-state index in [2.05, 4.69) is 65.6 Å². The summed E-state index contributed by atoms with van der Waals surface area (Å²) in [5, 5.41) is 6.74. The van der Waals surface area contributed by atoms with E-state index in [0.717, 1.165) is 45.1 Å². The van der Waals surface area contributed by atoms with Gasteiger partial charge in [0, 0.05) is 32.7 Å². The second-order valence-corrected chi connectivity index (χ2v) is 6.48. The molecule has 2 N–H and O–H groups in total. The molecular weight excluding hydrogens is 300 g/mol. The second kappa shape index (κ2) is 10.3. The van der Waals surface area contributed by atoms with Crippen molar-refractivity contribution in [1.82, 2.24) is 15.5 Å². The highest BCUT2D eigenvalue weighted by Crippen LogP contribution is 2.10. The summed E-state index contributed by atoms with van der Waals surface area (Å²) in [7, 11) is 0. The van der Waals surface area contributed by atoms with Crippen LogP contribution in [-0.4, -0.2) is 55.8 Å². The largest absolute Gasteiger partial charge is 0.373 e. The summed E-state index contributed by atoms with van der Waals surface area (Å²) in [5.74, 6) is 0.894. The fraction of sp³-hybridized carbons (Fsp3) is 0.632. The van der Waals surface area contributed by atoms with Gasteiger partial charge in [-0.3, -0.25) is 4.90 Å². The number of hydrogen-bond acceptors (Lipinski definition) is 3. The van der Waals surface area contributed by atoms with E-state index in [0.29, 0.717) is 18.8 Å². The lowest BCUT2D eigenvalue weighted by Crippen LogP contribution is -2.46. The Bertz CT molecular complexity index is 481. The number of ether oxygens (including phenoxy) is 1. The van der Waals surface area contributed by atoms with Gasteiger partial charge in [-0.25, -0.2) is 4.99 Å². The highest BCUT2D eigenvalue weighted by molar-refractivity contribution is 5.79. The van der Waals surface area contributed by atoms with Crippen molar-refractivity contribution in [3.05, 3.63) is 35.9 Å². The van der Waals surface area contributed by atoms with E-state index in [-0.39, 0.29) is 0 Å². The lowest BCUT2D eigenvalue weighted by Gasteiger charge is -2.35. The number of rotatable bonds is 7. The Balaban J connectivity index is 1.71. The zero-order valence-electron chi connectivity index (χ0n) is 15.3. The van der Waals surface area contributed by atoms with E-state index >= 15 is 0 Å². The van der Waals surface area contributed by atoms with Gasteiger partial charge in [0.1, 0.15) is 0 Å². The zero-order chi connectivity index (χ0) is 17.2. The van der Waals surface area contributed by atoms with E-state index in [9.17, 15) is 0 Å². The number of guanidine groups is 1. The molecule has 0 saturated carbocycles. The molecule has 2 rings (SSSR count). The molecule has 0 bridgehead atoms.